The van der Waals surface area contributed by atoms with Crippen LogP contribution in [0, 0.1) is 11.8 Å². The topological polar surface area (TPSA) is 129 Å². The monoisotopic (exact) mass is 504 g/mol. The summed E-state index contributed by atoms with van der Waals surface area (Å²) in [5.41, 5.74) is 1.58. The number of aliphatic hydroxyl groups is 3. The molecule has 1 aromatic carbocycles. The van der Waals surface area contributed by atoms with Crippen molar-refractivity contribution in [1.82, 2.24) is 10.2 Å². The molecule has 0 fully saturated rings. The van der Waals surface area contributed by atoms with Crippen molar-refractivity contribution in [3.05, 3.63) is 34.9 Å². The van der Waals surface area contributed by atoms with Gasteiger partial charge in [-0.25, -0.2) is 0 Å². The Bertz CT molecular complexity index is 975. The molecule has 2 amide bonds. The molecule has 36 heavy (non-hydrogen) atoms. The van der Waals surface area contributed by atoms with E-state index < -0.39 is 30.1 Å². The molecule has 1 aromatic rings. The lowest BCUT2D eigenvalue weighted by Gasteiger charge is -2.41. The Hall–Kier alpha value is -2.62. The van der Waals surface area contributed by atoms with E-state index in [1.807, 2.05) is 13.8 Å². The average Bonchev–Trinajstić information content (AvgIpc) is 3.22. The van der Waals surface area contributed by atoms with E-state index in [0.29, 0.717) is 47.1 Å². The second-order valence-corrected chi connectivity index (χ2v) is 10.4. The fourth-order valence-corrected chi connectivity index (χ4v) is 4.92. The van der Waals surface area contributed by atoms with Crippen LogP contribution in [0.1, 0.15) is 57.6 Å². The van der Waals surface area contributed by atoms with Crippen molar-refractivity contribution in [2.24, 2.45) is 11.8 Å². The van der Waals surface area contributed by atoms with Gasteiger partial charge < -0.3 is 35.0 Å². The summed E-state index contributed by atoms with van der Waals surface area (Å²) in [5.74, 6) is 0.174. The number of carbonyl (C=O) groups is 2. The lowest BCUT2D eigenvalue weighted by Crippen LogP contribution is -2.56. The van der Waals surface area contributed by atoms with Crippen molar-refractivity contribution < 1.29 is 34.4 Å². The maximum atomic E-state index is 13.3. The Morgan fingerprint density at radius 2 is 1.89 bits per heavy atom. The van der Waals surface area contributed by atoms with E-state index in [9.17, 15) is 24.9 Å². The van der Waals surface area contributed by atoms with Gasteiger partial charge in [-0.05, 0) is 42.0 Å². The third-order valence-corrected chi connectivity index (χ3v) is 6.71. The lowest BCUT2D eigenvalue weighted by atomic mass is 9.77. The quantitative estimate of drug-likeness (QED) is 0.361. The maximum Gasteiger partial charge on any atom is 0.247 e. The summed E-state index contributed by atoms with van der Waals surface area (Å²) in [4.78, 5) is 28.3. The first-order chi connectivity index (χ1) is 17.1. The highest BCUT2D eigenvalue weighted by Crippen LogP contribution is 2.51. The summed E-state index contributed by atoms with van der Waals surface area (Å²) in [5, 5.41) is 33.3. The van der Waals surface area contributed by atoms with E-state index in [0.717, 1.165) is 6.42 Å². The van der Waals surface area contributed by atoms with Gasteiger partial charge in [0, 0.05) is 30.6 Å². The van der Waals surface area contributed by atoms with Crippen molar-refractivity contribution in [1.29, 1.82) is 0 Å². The van der Waals surface area contributed by atoms with Crippen LogP contribution in [-0.4, -0.2) is 77.1 Å². The van der Waals surface area contributed by atoms with E-state index in [2.05, 4.69) is 19.2 Å². The summed E-state index contributed by atoms with van der Waals surface area (Å²) < 4.78 is 11.7. The first-order valence-electron chi connectivity index (χ1n) is 12.7. The summed E-state index contributed by atoms with van der Waals surface area (Å²) in [6, 6.07) is 2.66. The van der Waals surface area contributed by atoms with E-state index >= 15 is 0 Å². The van der Waals surface area contributed by atoms with Crippen LogP contribution in [0.5, 0.6) is 11.5 Å². The second kappa shape index (κ2) is 12.1. The van der Waals surface area contributed by atoms with E-state index in [1.165, 1.54) is 7.11 Å². The number of amides is 2. The molecule has 3 rings (SSSR count). The minimum absolute atomic E-state index is 0.0673. The molecule has 1 aliphatic heterocycles. The van der Waals surface area contributed by atoms with Crippen molar-refractivity contribution >= 4 is 11.8 Å². The fraction of sp³-hybridized carbons (Fsp3) is 0.630. The Kier molecular flexibility index (Phi) is 9.38. The largest absolute Gasteiger partial charge is 0.493 e. The molecule has 0 bridgehead atoms. The standard InChI is InChI=1S/C27H40N2O7/c1-15(2)6-8-29(22(32)10-16(3)4)20-13-19(27(34)28-7-9-30)23-18-11-17(14-31)12-21(35-5)25(18)36-26(23)24(20)33/h11-13,15-16,20,23-24,26,30-31,33H,6-10,14H2,1-5H3,(H,28,34). The van der Waals surface area contributed by atoms with Crippen molar-refractivity contribution in [2.75, 3.05) is 26.8 Å². The van der Waals surface area contributed by atoms with Gasteiger partial charge in [-0.3, -0.25) is 9.59 Å². The maximum absolute atomic E-state index is 13.3. The van der Waals surface area contributed by atoms with Gasteiger partial charge in [0.1, 0.15) is 12.2 Å². The van der Waals surface area contributed by atoms with Gasteiger partial charge in [0.05, 0.1) is 32.3 Å². The van der Waals surface area contributed by atoms with E-state index in [1.54, 1.807) is 23.1 Å². The van der Waals surface area contributed by atoms with Crippen LogP contribution >= 0.6 is 0 Å². The molecule has 4 N–H and O–H groups in total. The average molecular weight is 505 g/mol. The number of nitrogens with zero attached hydrogens (tertiary/aromatic N) is 1. The summed E-state index contributed by atoms with van der Waals surface area (Å²) in [7, 11) is 1.49. The number of rotatable bonds is 11. The van der Waals surface area contributed by atoms with Crippen LogP contribution in [0.15, 0.2) is 23.8 Å². The third kappa shape index (κ3) is 5.85. The lowest BCUT2D eigenvalue weighted by molar-refractivity contribution is -0.138. The van der Waals surface area contributed by atoms with Gasteiger partial charge in [0.2, 0.25) is 11.8 Å². The SMILES string of the molecule is COc1cc(CO)cc2c1OC1C2C(C(=O)NCCO)=CC(N(CCC(C)C)C(=O)CC(C)C)C1O. The van der Waals surface area contributed by atoms with Gasteiger partial charge in [0.15, 0.2) is 11.5 Å². The number of benzene rings is 1. The van der Waals surface area contributed by atoms with Gasteiger partial charge in [0.25, 0.3) is 0 Å². The minimum atomic E-state index is -1.10. The molecule has 0 saturated carbocycles. The van der Waals surface area contributed by atoms with Crippen LogP contribution in [0.4, 0.5) is 0 Å². The van der Waals surface area contributed by atoms with Gasteiger partial charge in [-0.15, -0.1) is 0 Å². The molecule has 2 aliphatic rings. The molecule has 0 spiro atoms. The van der Waals surface area contributed by atoms with Crippen molar-refractivity contribution in [2.45, 2.75) is 71.3 Å². The molecule has 0 aromatic heterocycles. The highest BCUT2D eigenvalue weighted by molar-refractivity contribution is 5.96. The highest BCUT2D eigenvalue weighted by Gasteiger charge is 2.51. The fourth-order valence-electron chi connectivity index (χ4n) is 4.92. The number of fused-ring (bicyclic) bond motifs is 3. The molecule has 0 saturated heterocycles. The predicted molar refractivity (Wildman–Crippen MR) is 135 cm³/mol. The molecule has 9 heteroatoms. The van der Waals surface area contributed by atoms with Crippen molar-refractivity contribution in [3.63, 3.8) is 0 Å². The minimum Gasteiger partial charge on any atom is -0.493 e. The van der Waals surface area contributed by atoms with Crippen LogP contribution in [0.3, 0.4) is 0 Å². The summed E-state index contributed by atoms with van der Waals surface area (Å²) in [6.45, 7) is 8.14. The molecule has 9 nitrogen and oxygen atoms in total. The van der Waals surface area contributed by atoms with E-state index in [4.69, 9.17) is 9.47 Å². The van der Waals surface area contributed by atoms with Crippen LogP contribution in [0.2, 0.25) is 0 Å². The summed E-state index contributed by atoms with van der Waals surface area (Å²) in [6.07, 6.45) is 0.816. The van der Waals surface area contributed by atoms with Gasteiger partial charge in [-0.1, -0.05) is 27.7 Å². The number of ether oxygens (including phenoxy) is 2. The molecule has 4 unspecified atom stereocenters. The predicted octanol–water partition coefficient (Wildman–Crippen LogP) is 1.73. The molecular formula is C27H40N2O7. The molecule has 4 atom stereocenters. The molecule has 0 radical (unpaired) electrons. The Morgan fingerprint density at radius 3 is 2.47 bits per heavy atom. The molecular weight excluding hydrogens is 464 g/mol. The normalized spacial score (nSPS) is 22.6. The van der Waals surface area contributed by atoms with Crippen LogP contribution < -0.4 is 14.8 Å². The zero-order valence-electron chi connectivity index (χ0n) is 21.9. The number of hydrogen-bond acceptors (Lipinski definition) is 7. The zero-order chi connectivity index (χ0) is 26.6. The third-order valence-electron chi connectivity index (χ3n) is 6.71. The molecule has 1 heterocycles. The Labute approximate surface area is 213 Å². The summed E-state index contributed by atoms with van der Waals surface area (Å²) >= 11 is 0. The highest BCUT2D eigenvalue weighted by atomic mass is 16.5. The first kappa shape index (κ1) is 28.0. The zero-order valence-corrected chi connectivity index (χ0v) is 21.9. The first-order valence-corrected chi connectivity index (χ1v) is 12.7. The number of aliphatic hydroxyl groups excluding tert-OH is 3. The van der Waals surface area contributed by atoms with Crippen LogP contribution in [-0.2, 0) is 16.2 Å². The Morgan fingerprint density at radius 1 is 1.17 bits per heavy atom. The Balaban J connectivity index is 2.11. The number of carbonyl (C=O) groups excluding carboxylic acids is 2. The molecule has 200 valence electrons. The van der Waals surface area contributed by atoms with E-state index in [-0.39, 0.29) is 31.6 Å². The van der Waals surface area contributed by atoms with Gasteiger partial charge >= 0.3 is 0 Å². The van der Waals surface area contributed by atoms with Crippen LogP contribution in [0.25, 0.3) is 0 Å². The molecule has 1 aliphatic carbocycles. The number of methoxy groups -OCH3 is 1. The number of nitrogens with one attached hydrogen (secondary N) is 1. The number of hydrogen-bond donors (Lipinski definition) is 4. The second-order valence-electron chi connectivity index (χ2n) is 10.4. The van der Waals surface area contributed by atoms with Crippen molar-refractivity contribution in [3.8, 4) is 11.5 Å². The smallest absolute Gasteiger partial charge is 0.247 e. The van der Waals surface area contributed by atoms with Gasteiger partial charge in [-0.2, -0.15) is 0 Å².